The number of ether oxygens (including phenoxy) is 1. The summed E-state index contributed by atoms with van der Waals surface area (Å²) in [6.45, 7) is 2.34. The molecule has 0 unspecified atom stereocenters. The van der Waals surface area contributed by atoms with Gasteiger partial charge in [-0.05, 0) is 73.2 Å². The van der Waals surface area contributed by atoms with Crippen LogP contribution >= 0.6 is 46.6 Å². The second-order valence-corrected chi connectivity index (χ2v) is 10.3. The Bertz CT molecular complexity index is 1380. The highest BCUT2D eigenvalue weighted by Gasteiger charge is 2.40. The van der Waals surface area contributed by atoms with Crippen LogP contribution in [0, 0.1) is 0 Å². The molecule has 3 aromatic carbocycles. The van der Waals surface area contributed by atoms with E-state index in [0.717, 1.165) is 34.4 Å². The molecule has 3 aromatic rings. The lowest BCUT2D eigenvalue weighted by atomic mass is 10.2. The number of nitrogens with one attached hydrogen (secondary N) is 1. The van der Waals surface area contributed by atoms with E-state index in [1.807, 2.05) is 6.92 Å². The largest absolute Gasteiger partial charge is 0.462 e. The van der Waals surface area contributed by atoms with Gasteiger partial charge in [-0.3, -0.25) is 9.59 Å². The molecule has 1 heterocycles. The van der Waals surface area contributed by atoms with Crippen molar-refractivity contribution in [2.24, 2.45) is 0 Å². The van der Waals surface area contributed by atoms with Crippen LogP contribution in [0.3, 0.4) is 0 Å². The van der Waals surface area contributed by atoms with Crippen molar-refractivity contribution in [3.8, 4) is 0 Å². The minimum atomic E-state index is -0.550. The molecular weight excluding hydrogens is 555 g/mol. The van der Waals surface area contributed by atoms with E-state index in [4.69, 9.17) is 39.5 Å². The zero-order chi connectivity index (χ0) is 26.5. The van der Waals surface area contributed by atoms with Crippen molar-refractivity contribution in [2.45, 2.75) is 24.7 Å². The molecule has 6 nitrogen and oxygen atoms in total. The topological polar surface area (TPSA) is 75.7 Å². The molecule has 0 saturated heterocycles. The Balaban J connectivity index is 1.64. The van der Waals surface area contributed by atoms with Gasteiger partial charge in [0, 0.05) is 15.6 Å². The molecule has 1 aliphatic heterocycles. The number of thioether (sulfide) groups is 1. The first-order valence-corrected chi connectivity index (χ1v) is 13.3. The smallest absolute Gasteiger partial charge is 0.338 e. The molecular formula is C27H21Cl3N2O4S. The van der Waals surface area contributed by atoms with Crippen LogP contribution in [0.2, 0.25) is 15.1 Å². The number of benzene rings is 3. The van der Waals surface area contributed by atoms with Gasteiger partial charge in [0.05, 0.1) is 27.9 Å². The normalized spacial score (nSPS) is 13.4. The van der Waals surface area contributed by atoms with Gasteiger partial charge in [-0.25, -0.2) is 9.69 Å². The first-order valence-electron chi connectivity index (χ1n) is 11.3. The maximum atomic E-state index is 13.5. The quantitative estimate of drug-likeness (QED) is 0.161. The van der Waals surface area contributed by atoms with Crippen molar-refractivity contribution in [1.82, 2.24) is 0 Å². The van der Waals surface area contributed by atoms with E-state index in [2.05, 4.69) is 5.32 Å². The van der Waals surface area contributed by atoms with E-state index >= 15 is 0 Å². The zero-order valence-corrected chi connectivity index (χ0v) is 22.7. The fraction of sp³-hybridized carbons (Fsp3) is 0.148. The molecule has 1 aliphatic rings. The lowest BCUT2D eigenvalue weighted by Crippen LogP contribution is -2.32. The SMILES string of the molecule is CCCCOC(=O)c1ccc(N2C(=O)C(Nc3ccc(Cl)c(Cl)c3)=C(Sc3ccc(Cl)cc3)C2=O)cc1. The minimum absolute atomic E-state index is 0.0893. The highest BCUT2D eigenvalue weighted by Crippen LogP contribution is 2.38. The molecule has 37 heavy (non-hydrogen) atoms. The van der Waals surface area contributed by atoms with Crippen molar-refractivity contribution in [3.63, 3.8) is 0 Å². The van der Waals surface area contributed by atoms with Crippen LogP contribution in [0.4, 0.5) is 11.4 Å². The summed E-state index contributed by atoms with van der Waals surface area (Å²) in [4.78, 5) is 41.3. The molecule has 2 amide bonds. The Kier molecular flexibility index (Phi) is 8.82. The van der Waals surface area contributed by atoms with Crippen molar-refractivity contribution in [2.75, 3.05) is 16.8 Å². The van der Waals surface area contributed by atoms with Crippen LogP contribution < -0.4 is 10.2 Å². The Labute approximate surface area is 233 Å². The van der Waals surface area contributed by atoms with E-state index in [-0.39, 0.29) is 10.6 Å². The molecule has 190 valence electrons. The summed E-state index contributed by atoms with van der Waals surface area (Å²) < 4.78 is 5.23. The average molecular weight is 576 g/mol. The summed E-state index contributed by atoms with van der Waals surface area (Å²) in [5, 5.41) is 4.25. The number of halogens is 3. The lowest BCUT2D eigenvalue weighted by molar-refractivity contribution is -0.120. The second-order valence-electron chi connectivity index (χ2n) is 8.00. The summed E-state index contributed by atoms with van der Waals surface area (Å²) in [6.07, 6.45) is 1.68. The highest BCUT2D eigenvalue weighted by molar-refractivity contribution is 8.04. The third-order valence-corrected chi connectivity index (χ3v) is 7.44. The van der Waals surface area contributed by atoms with Crippen molar-refractivity contribution < 1.29 is 19.1 Å². The average Bonchev–Trinajstić information content (AvgIpc) is 3.11. The van der Waals surface area contributed by atoms with Gasteiger partial charge >= 0.3 is 5.97 Å². The van der Waals surface area contributed by atoms with Crippen LogP contribution in [0.15, 0.2) is 82.2 Å². The third-order valence-electron chi connectivity index (χ3n) is 5.36. The molecule has 0 aliphatic carbocycles. The van der Waals surface area contributed by atoms with E-state index in [0.29, 0.717) is 38.6 Å². The van der Waals surface area contributed by atoms with Crippen molar-refractivity contribution >= 4 is 75.7 Å². The van der Waals surface area contributed by atoms with E-state index in [1.54, 1.807) is 54.6 Å². The van der Waals surface area contributed by atoms with Gasteiger partial charge in [-0.1, -0.05) is 59.9 Å². The summed E-state index contributed by atoms with van der Waals surface area (Å²) in [6, 6.07) is 17.9. The van der Waals surface area contributed by atoms with Crippen molar-refractivity contribution in [1.29, 1.82) is 0 Å². The van der Waals surface area contributed by atoms with Gasteiger partial charge in [0.1, 0.15) is 10.6 Å². The minimum Gasteiger partial charge on any atom is -0.462 e. The molecule has 0 radical (unpaired) electrons. The van der Waals surface area contributed by atoms with Gasteiger partial charge in [-0.15, -0.1) is 0 Å². The van der Waals surface area contributed by atoms with E-state index < -0.39 is 17.8 Å². The van der Waals surface area contributed by atoms with Gasteiger partial charge < -0.3 is 10.1 Å². The van der Waals surface area contributed by atoms with Crippen molar-refractivity contribution in [3.05, 3.63) is 98.0 Å². The molecule has 0 spiro atoms. The van der Waals surface area contributed by atoms with E-state index in [9.17, 15) is 14.4 Å². The summed E-state index contributed by atoms with van der Waals surface area (Å²) in [7, 11) is 0. The molecule has 0 atom stereocenters. The van der Waals surface area contributed by atoms with Gasteiger partial charge in [0.15, 0.2) is 0 Å². The Morgan fingerprint density at radius 3 is 2.27 bits per heavy atom. The van der Waals surface area contributed by atoms with Gasteiger partial charge in [-0.2, -0.15) is 0 Å². The van der Waals surface area contributed by atoms with Crippen LogP contribution in [-0.2, 0) is 14.3 Å². The lowest BCUT2D eigenvalue weighted by Gasteiger charge is -2.16. The number of rotatable bonds is 9. The molecule has 10 heteroatoms. The summed E-state index contributed by atoms with van der Waals surface area (Å²) >= 11 is 19.3. The van der Waals surface area contributed by atoms with Crippen LogP contribution in [-0.4, -0.2) is 24.4 Å². The number of anilines is 2. The number of carbonyl (C=O) groups excluding carboxylic acids is 3. The Hall–Kier alpha value is -2.97. The maximum absolute atomic E-state index is 13.5. The number of carbonyl (C=O) groups is 3. The van der Waals surface area contributed by atoms with Gasteiger partial charge in [0.25, 0.3) is 11.8 Å². The number of nitrogens with zero attached hydrogens (tertiary/aromatic N) is 1. The second kappa shape index (κ2) is 12.0. The van der Waals surface area contributed by atoms with E-state index in [1.165, 1.54) is 12.1 Å². The predicted molar refractivity (Wildman–Crippen MR) is 149 cm³/mol. The molecule has 4 rings (SSSR count). The highest BCUT2D eigenvalue weighted by atomic mass is 35.5. The first kappa shape index (κ1) is 27.1. The fourth-order valence-electron chi connectivity index (χ4n) is 3.43. The fourth-order valence-corrected chi connectivity index (χ4v) is 4.78. The van der Waals surface area contributed by atoms with Crippen LogP contribution in [0.25, 0.3) is 0 Å². The number of unbranched alkanes of at least 4 members (excludes halogenated alkanes) is 1. The Morgan fingerprint density at radius 2 is 1.62 bits per heavy atom. The standard InChI is InChI=1S/C27H21Cl3N2O4S/c1-2-3-14-36-27(35)16-4-9-19(10-5-16)32-25(33)23(31-18-8-13-21(29)22(30)15-18)24(26(32)34)37-20-11-6-17(28)7-12-20/h4-13,15,31H,2-3,14H2,1H3. The Morgan fingerprint density at radius 1 is 0.919 bits per heavy atom. The number of hydrogen-bond donors (Lipinski definition) is 1. The number of imide groups is 1. The first-order chi connectivity index (χ1) is 17.8. The number of amides is 2. The monoisotopic (exact) mass is 574 g/mol. The molecule has 0 fully saturated rings. The molecule has 0 aromatic heterocycles. The third kappa shape index (κ3) is 6.30. The summed E-state index contributed by atoms with van der Waals surface area (Å²) in [5.74, 6) is -1.52. The molecule has 1 N–H and O–H groups in total. The zero-order valence-electron chi connectivity index (χ0n) is 19.6. The summed E-state index contributed by atoms with van der Waals surface area (Å²) in [5.41, 5.74) is 1.23. The van der Waals surface area contributed by atoms with Crippen LogP contribution in [0.5, 0.6) is 0 Å². The maximum Gasteiger partial charge on any atom is 0.338 e. The predicted octanol–water partition coefficient (Wildman–Crippen LogP) is 7.59. The van der Waals surface area contributed by atoms with Crippen LogP contribution in [0.1, 0.15) is 30.1 Å². The molecule has 0 saturated carbocycles. The number of esters is 1. The molecule has 0 bridgehead atoms. The van der Waals surface area contributed by atoms with Gasteiger partial charge in [0.2, 0.25) is 0 Å². The number of hydrogen-bond acceptors (Lipinski definition) is 6.